The van der Waals surface area contributed by atoms with Gasteiger partial charge in [0.15, 0.2) is 11.5 Å². The Balaban J connectivity index is 1.66. The van der Waals surface area contributed by atoms with E-state index in [9.17, 15) is 14.4 Å². The minimum absolute atomic E-state index is 0.0427. The van der Waals surface area contributed by atoms with Gasteiger partial charge in [0.05, 0.1) is 13.7 Å². The monoisotopic (exact) mass is 498 g/mol. The van der Waals surface area contributed by atoms with E-state index < -0.39 is 11.3 Å². The molecule has 0 spiro atoms. The average Bonchev–Trinajstić information content (AvgIpc) is 3.28. The molecule has 196 valence electrons. The lowest BCUT2D eigenvalue weighted by atomic mass is 9.59. The number of amides is 2. The van der Waals surface area contributed by atoms with E-state index in [1.807, 2.05) is 24.3 Å². The second-order valence-corrected chi connectivity index (χ2v) is 11.5. The number of likely N-dealkylation sites (tertiary alicyclic amines) is 1. The molecular weight excluding hydrogens is 460 g/mol. The zero-order valence-electron chi connectivity index (χ0n) is 22.0. The first kappa shape index (κ1) is 26.0. The molecule has 1 aromatic rings. The van der Waals surface area contributed by atoms with Crippen molar-refractivity contribution in [1.29, 1.82) is 0 Å². The van der Waals surface area contributed by atoms with Gasteiger partial charge in [0.1, 0.15) is 5.41 Å². The Morgan fingerprint density at radius 2 is 1.97 bits per heavy atom. The molecular formula is C28H38N2O6. The first-order chi connectivity index (χ1) is 17.0. The van der Waals surface area contributed by atoms with E-state index >= 15 is 0 Å². The van der Waals surface area contributed by atoms with Gasteiger partial charge in [0.25, 0.3) is 0 Å². The standard InChI is InChI=1S/C28H38N2O6/c1-18(2)9-11-29-24(31)13-20-14-28(26(33)34-5)16-27(3,4)10-8-23(28)30(25(20)32)15-19-6-7-21-22(12-19)36-17-35-21/h6-8,12,18,20H,9-11,13-17H2,1-5H3,(H,29,31)/t20-,28-/m1/s1. The summed E-state index contributed by atoms with van der Waals surface area (Å²) in [5.41, 5.74) is 0.419. The number of ether oxygens (including phenoxy) is 3. The molecule has 4 rings (SSSR count). The van der Waals surface area contributed by atoms with Crippen LogP contribution in [0.15, 0.2) is 30.0 Å². The summed E-state index contributed by atoms with van der Waals surface area (Å²) in [6.45, 7) is 9.45. The Bertz CT molecular complexity index is 1060. The summed E-state index contributed by atoms with van der Waals surface area (Å²) in [4.78, 5) is 41.8. The topological polar surface area (TPSA) is 94.2 Å². The van der Waals surface area contributed by atoms with Crippen molar-refractivity contribution in [2.24, 2.45) is 22.7 Å². The van der Waals surface area contributed by atoms with Crippen molar-refractivity contribution in [2.75, 3.05) is 20.4 Å². The predicted molar refractivity (Wildman–Crippen MR) is 134 cm³/mol. The van der Waals surface area contributed by atoms with Crippen LogP contribution in [-0.2, 0) is 25.7 Å². The molecule has 8 nitrogen and oxygen atoms in total. The maximum absolute atomic E-state index is 13.8. The van der Waals surface area contributed by atoms with Crippen LogP contribution in [0.4, 0.5) is 0 Å². The van der Waals surface area contributed by atoms with E-state index in [2.05, 4.69) is 33.0 Å². The van der Waals surface area contributed by atoms with Gasteiger partial charge in [0.2, 0.25) is 18.6 Å². The number of piperidine rings is 1. The number of methoxy groups -OCH3 is 1. The third-order valence-corrected chi connectivity index (χ3v) is 7.45. The molecule has 1 aliphatic carbocycles. The smallest absolute Gasteiger partial charge is 0.317 e. The summed E-state index contributed by atoms with van der Waals surface area (Å²) in [5, 5.41) is 2.95. The Morgan fingerprint density at radius 1 is 1.22 bits per heavy atom. The van der Waals surface area contributed by atoms with Gasteiger partial charge < -0.3 is 24.4 Å². The van der Waals surface area contributed by atoms with Crippen LogP contribution in [0.2, 0.25) is 0 Å². The van der Waals surface area contributed by atoms with E-state index in [1.165, 1.54) is 7.11 Å². The normalized spacial score (nSPS) is 24.3. The fourth-order valence-electron chi connectivity index (χ4n) is 5.74. The number of carbonyl (C=O) groups is 3. The number of fused-ring (bicyclic) bond motifs is 2. The lowest BCUT2D eigenvalue weighted by Crippen LogP contribution is -2.55. The Kier molecular flexibility index (Phi) is 7.34. The van der Waals surface area contributed by atoms with Crippen LogP contribution in [-0.4, -0.2) is 43.1 Å². The first-order valence-corrected chi connectivity index (χ1v) is 12.8. The van der Waals surface area contributed by atoms with E-state index in [0.717, 1.165) is 18.4 Å². The van der Waals surface area contributed by atoms with Crippen molar-refractivity contribution in [3.63, 3.8) is 0 Å². The molecule has 0 radical (unpaired) electrons. The quantitative estimate of drug-likeness (QED) is 0.541. The number of rotatable bonds is 8. The number of nitrogens with one attached hydrogen (secondary N) is 1. The summed E-state index contributed by atoms with van der Waals surface area (Å²) in [6.07, 6.45) is 4.49. The van der Waals surface area contributed by atoms with Gasteiger partial charge in [-0.15, -0.1) is 0 Å². The number of hydrogen-bond donors (Lipinski definition) is 1. The Morgan fingerprint density at radius 3 is 2.69 bits per heavy atom. The van der Waals surface area contributed by atoms with E-state index in [4.69, 9.17) is 14.2 Å². The molecule has 8 heteroatoms. The molecule has 0 saturated carbocycles. The molecule has 1 saturated heterocycles. The van der Waals surface area contributed by atoms with E-state index in [-0.39, 0.29) is 49.4 Å². The summed E-state index contributed by atoms with van der Waals surface area (Å²) < 4.78 is 16.3. The van der Waals surface area contributed by atoms with Gasteiger partial charge in [-0.1, -0.05) is 39.8 Å². The molecule has 1 N–H and O–H groups in total. The second-order valence-electron chi connectivity index (χ2n) is 11.5. The number of benzene rings is 1. The fourth-order valence-corrected chi connectivity index (χ4v) is 5.74. The fraction of sp³-hybridized carbons (Fsp3) is 0.607. The largest absolute Gasteiger partial charge is 0.468 e. The lowest BCUT2D eigenvalue weighted by Gasteiger charge is -2.51. The average molecular weight is 499 g/mol. The zero-order valence-corrected chi connectivity index (χ0v) is 22.0. The molecule has 0 bridgehead atoms. The SMILES string of the molecule is COC(=O)[C@@]12C[C@@H](CC(=O)NCCC(C)C)C(=O)N(Cc3ccc4c(c3)OCO4)C1=CCC(C)(C)C2. The molecule has 2 atom stereocenters. The van der Waals surface area contributed by atoms with Crippen LogP contribution in [0.1, 0.15) is 65.4 Å². The highest BCUT2D eigenvalue weighted by Gasteiger charge is 2.57. The number of esters is 1. The number of allylic oxidation sites excluding steroid dienone is 1. The third-order valence-electron chi connectivity index (χ3n) is 7.45. The zero-order chi connectivity index (χ0) is 26.1. The second kappa shape index (κ2) is 10.1. The molecule has 1 fully saturated rings. The Labute approximate surface area is 213 Å². The molecule has 2 aliphatic heterocycles. The number of nitrogens with zero attached hydrogens (tertiary/aromatic N) is 1. The highest BCUT2D eigenvalue weighted by atomic mass is 16.7. The molecule has 0 aromatic heterocycles. The van der Waals surface area contributed by atoms with E-state index in [0.29, 0.717) is 36.1 Å². The first-order valence-electron chi connectivity index (χ1n) is 12.8. The van der Waals surface area contributed by atoms with Crippen LogP contribution in [0.5, 0.6) is 11.5 Å². The summed E-state index contributed by atoms with van der Waals surface area (Å²) in [5.74, 6) is 0.492. The molecule has 2 heterocycles. The maximum atomic E-state index is 13.8. The van der Waals surface area contributed by atoms with Crippen molar-refractivity contribution in [3.05, 3.63) is 35.5 Å². The van der Waals surface area contributed by atoms with Gasteiger partial charge in [-0.25, -0.2) is 0 Å². The van der Waals surface area contributed by atoms with Gasteiger partial charge in [-0.3, -0.25) is 14.4 Å². The minimum atomic E-state index is -0.983. The lowest BCUT2D eigenvalue weighted by molar-refractivity contribution is -0.162. The molecule has 3 aliphatic rings. The van der Waals surface area contributed by atoms with Crippen LogP contribution >= 0.6 is 0 Å². The third kappa shape index (κ3) is 5.22. The number of carbonyl (C=O) groups excluding carboxylic acids is 3. The predicted octanol–water partition coefficient (Wildman–Crippen LogP) is 4.18. The van der Waals surface area contributed by atoms with Crippen LogP contribution in [0.3, 0.4) is 0 Å². The molecule has 2 amide bonds. The molecule has 1 aromatic carbocycles. The van der Waals surface area contributed by atoms with Crippen LogP contribution < -0.4 is 14.8 Å². The molecule has 0 unspecified atom stereocenters. The van der Waals surface area contributed by atoms with Gasteiger partial charge in [-0.2, -0.15) is 0 Å². The van der Waals surface area contributed by atoms with Gasteiger partial charge >= 0.3 is 5.97 Å². The highest BCUT2D eigenvalue weighted by molar-refractivity contribution is 5.92. The van der Waals surface area contributed by atoms with Gasteiger partial charge in [-0.05, 0) is 54.7 Å². The van der Waals surface area contributed by atoms with Crippen molar-refractivity contribution in [1.82, 2.24) is 10.2 Å². The highest BCUT2D eigenvalue weighted by Crippen LogP contribution is 2.55. The Hall–Kier alpha value is -3.03. The van der Waals surface area contributed by atoms with Crippen LogP contribution in [0.25, 0.3) is 0 Å². The maximum Gasteiger partial charge on any atom is 0.317 e. The van der Waals surface area contributed by atoms with E-state index in [1.54, 1.807) is 4.90 Å². The number of hydrogen-bond acceptors (Lipinski definition) is 6. The van der Waals surface area contributed by atoms with Crippen molar-refractivity contribution in [3.8, 4) is 11.5 Å². The van der Waals surface area contributed by atoms with Gasteiger partial charge in [0, 0.05) is 24.6 Å². The summed E-state index contributed by atoms with van der Waals surface area (Å²) in [6, 6.07) is 5.60. The minimum Gasteiger partial charge on any atom is -0.468 e. The van der Waals surface area contributed by atoms with Crippen molar-refractivity contribution < 1.29 is 28.6 Å². The summed E-state index contributed by atoms with van der Waals surface area (Å²) in [7, 11) is 1.39. The van der Waals surface area contributed by atoms with Crippen molar-refractivity contribution in [2.45, 2.75) is 66.3 Å². The van der Waals surface area contributed by atoms with Crippen molar-refractivity contribution >= 4 is 17.8 Å². The molecule has 36 heavy (non-hydrogen) atoms. The van der Waals surface area contributed by atoms with Crippen LogP contribution in [0, 0.1) is 22.7 Å². The summed E-state index contributed by atoms with van der Waals surface area (Å²) >= 11 is 0.